The van der Waals surface area contributed by atoms with E-state index in [1.165, 1.54) is 0 Å². The van der Waals surface area contributed by atoms with Gasteiger partial charge in [-0.2, -0.15) is 5.10 Å². The normalized spacial score (nSPS) is 10.7. The number of anilines is 1. The van der Waals surface area contributed by atoms with Crippen LogP contribution in [0.15, 0.2) is 18.2 Å². The molecule has 1 heterocycles. The molecule has 0 bridgehead atoms. The van der Waals surface area contributed by atoms with Crippen LogP contribution < -0.4 is 10.1 Å². The van der Waals surface area contributed by atoms with E-state index in [1.807, 2.05) is 22.9 Å². The van der Waals surface area contributed by atoms with Crippen LogP contribution >= 0.6 is 23.2 Å². The molecule has 4 nitrogen and oxygen atoms in total. The number of ether oxygens (including phenoxy) is 1. The van der Waals surface area contributed by atoms with Crippen LogP contribution in [-0.2, 0) is 19.5 Å². The molecule has 0 amide bonds. The third kappa shape index (κ3) is 3.44. The molecule has 0 unspecified atom stereocenters. The summed E-state index contributed by atoms with van der Waals surface area (Å²) in [5.41, 5.74) is 2.84. The fourth-order valence-electron chi connectivity index (χ4n) is 2.15. The molecule has 1 aromatic carbocycles. The fourth-order valence-corrected chi connectivity index (χ4v) is 2.74. The summed E-state index contributed by atoms with van der Waals surface area (Å²) in [6.45, 7) is 5.49. The van der Waals surface area contributed by atoms with Crippen molar-refractivity contribution in [3.05, 3.63) is 39.6 Å². The third-order valence-electron chi connectivity index (χ3n) is 3.31. The summed E-state index contributed by atoms with van der Waals surface area (Å²) in [7, 11) is 1.60. The molecule has 0 aliphatic rings. The van der Waals surface area contributed by atoms with Crippen molar-refractivity contribution >= 4 is 28.9 Å². The van der Waals surface area contributed by atoms with Crippen LogP contribution in [0.3, 0.4) is 0 Å². The second-order valence-electron chi connectivity index (χ2n) is 4.58. The Morgan fingerprint density at radius 3 is 2.62 bits per heavy atom. The Hall–Kier alpha value is -1.39. The van der Waals surface area contributed by atoms with E-state index in [1.54, 1.807) is 7.11 Å². The van der Waals surface area contributed by atoms with Gasteiger partial charge in [0.05, 0.1) is 35.1 Å². The summed E-state index contributed by atoms with van der Waals surface area (Å²) in [5.74, 6) is 0.659. The van der Waals surface area contributed by atoms with Crippen LogP contribution in [0.2, 0.25) is 10.0 Å². The second-order valence-corrected chi connectivity index (χ2v) is 5.36. The smallest absolute Gasteiger partial charge is 0.137 e. The number of hydrogen-bond donors (Lipinski definition) is 1. The second kappa shape index (κ2) is 7.05. The van der Waals surface area contributed by atoms with Gasteiger partial charge in [0, 0.05) is 12.2 Å². The van der Waals surface area contributed by atoms with E-state index in [4.69, 9.17) is 27.9 Å². The van der Waals surface area contributed by atoms with Gasteiger partial charge < -0.3 is 10.1 Å². The van der Waals surface area contributed by atoms with Gasteiger partial charge in [-0.15, -0.1) is 0 Å². The highest BCUT2D eigenvalue weighted by molar-refractivity contribution is 6.32. The summed E-state index contributed by atoms with van der Waals surface area (Å²) in [6, 6.07) is 5.59. The molecule has 0 atom stereocenters. The topological polar surface area (TPSA) is 39.1 Å². The molecule has 1 N–H and O–H groups in total. The highest BCUT2D eigenvalue weighted by atomic mass is 35.5. The molecule has 0 aliphatic carbocycles. The lowest BCUT2D eigenvalue weighted by Gasteiger charge is -2.10. The van der Waals surface area contributed by atoms with Gasteiger partial charge in [0.2, 0.25) is 0 Å². The molecule has 2 rings (SSSR count). The standard InChI is InChI=1S/C15H19Cl2N3O/c1-4-12-15(17)13(20(5-2)19-12)9-18-10-6-7-14(21-3)11(16)8-10/h6-8,18H,4-5,9H2,1-3H3. The molecular formula is C15H19Cl2N3O. The first kappa shape index (κ1) is 16.0. The Morgan fingerprint density at radius 1 is 1.29 bits per heavy atom. The van der Waals surface area contributed by atoms with Gasteiger partial charge in [-0.05, 0) is 31.5 Å². The number of benzene rings is 1. The number of hydrogen-bond acceptors (Lipinski definition) is 3. The Labute approximate surface area is 135 Å². The Morgan fingerprint density at radius 2 is 2.05 bits per heavy atom. The minimum absolute atomic E-state index is 0.576. The zero-order valence-corrected chi connectivity index (χ0v) is 13.9. The lowest BCUT2D eigenvalue weighted by atomic mass is 10.2. The van der Waals surface area contributed by atoms with Crippen molar-refractivity contribution in [1.29, 1.82) is 0 Å². The molecule has 0 aliphatic heterocycles. The minimum atomic E-state index is 0.576. The molecule has 0 saturated carbocycles. The van der Waals surface area contributed by atoms with Crippen molar-refractivity contribution in [1.82, 2.24) is 9.78 Å². The largest absolute Gasteiger partial charge is 0.495 e. The Balaban J connectivity index is 2.16. The van der Waals surface area contributed by atoms with Crippen LogP contribution in [-0.4, -0.2) is 16.9 Å². The van der Waals surface area contributed by atoms with E-state index in [9.17, 15) is 0 Å². The number of aromatic nitrogens is 2. The van der Waals surface area contributed by atoms with E-state index in [-0.39, 0.29) is 0 Å². The quantitative estimate of drug-likeness (QED) is 0.855. The molecule has 6 heteroatoms. The van der Waals surface area contributed by atoms with Crippen molar-refractivity contribution < 1.29 is 4.74 Å². The summed E-state index contributed by atoms with van der Waals surface area (Å²) in [6.07, 6.45) is 0.827. The summed E-state index contributed by atoms with van der Waals surface area (Å²) in [4.78, 5) is 0. The van der Waals surface area contributed by atoms with Crippen LogP contribution in [0.1, 0.15) is 25.2 Å². The maximum atomic E-state index is 6.38. The number of aryl methyl sites for hydroxylation is 2. The van der Waals surface area contributed by atoms with E-state index in [0.29, 0.717) is 17.3 Å². The lowest BCUT2D eigenvalue weighted by molar-refractivity contribution is 0.415. The van der Waals surface area contributed by atoms with Crippen molar-refractivity contribution in [2.75, 3.05) is 12.4 Å². The van der Waals surface area contributed by atoms with Crippen molar-refractivity contribution in [2.24, 2.45) is 0 Å². The monoisotopic (exact) mass is 327 g/mol. The Bertz CT molecular complexity index is 626. The van der Waals surface area contributed by atoms with Crippen molar-refractivity contribution in [2.45, 2.75) is 33.4 Å². The van der Waals surface area contributed by atoms with Gasteiger partial charge in [0.1, 0.15) is 5.75 Å². The first-order valence-corrected chi connectivity index (χ1v) is 7.67. The summed E-state index contributed by atoms with van der Waals surface area (Å²) < 4.78 is 7.07. The maximum Gasteiger partial charge on any atom is 0.137 e. The summed E-state index contributed by atoms with van der Waals surface area (Å²) >= 11 is 12.5. The van der Waals surface area contributed by atoms with Gasteiger partial charge >= 0.3 is 0 Å². The molecule has 0 saturated heterocycles. The summed E-state index contributed by atoms with van der Waals surface area (Å²) in [5, 5.41) is 9.14. The van der Waals surface area contributed by atoms with Crippen LogP contribution in [0.4, 0.5) is 5.69 Å². The molecule has 0 fully saturated rings. The zero-order valence-electron chi connectivity index (χ0n) is 12.4. The van der Waals surface area contributed by atoms with Gasteiger partial charge in [-0.3, -0.25) is 4.68 Å². The fraction of sp³-hybridized carbons (Fsp3) is 0.400. The molecule has 2 aromatic rings. The SMILES string of the molecule is CCc1nn(CC)c(CNc2ccc(OC)c(Cl)c2)c1Cl. The number of nitrogens with zero attached hydrogens (tertiary/aromatic N) is 2. The molecule has 1 aromatic heterocycles. The van der Waals surface area contributed by atoms with Crippen molar-refractivity contribution in [3.8, 4) is 5.75 Å². The Kier molecular flexibility index (Phi) is 5.37. The average Bonchev–Trinajstić information content (AvgIpc) is 2.80. The lowest BCUT2D eigenvalue weighted by Crippen LogP contribution is -2.08. The van der Waals surface area contributed by atoms with Gasteiger partial charge in [0.25, 0.3) is 0 Å². The van der Waals surface area contributed by atoms with Gasteiger partial charge in [-0.25, -0.2) is 0 Å². The minimum Gasteiger partial charge on any atom is -0.495 e. The first-order chi connectivity index (χ1) is 10.1. The average molecular weight is 328 g/mol. The zero-order chi connectivity index (χ0) is 15.4. The molecule has 114 valence electrons. The highest BCUT2D eigenvalue weighted by Crippen LogP contribution is 2.28. The molecule has 0 radical (unpaired) electrons. The number of rotatable bonds is 6. The first-order valence-electron chi connectivity index (χ1n) is 6.92. The van der Waals surface area contributed by atoms with Crippen LogP contribution in [0, 0.1) is 0 Å². The number of halogens is 2. The van der Waals surface area contributed by atoms with Gasteiger partial charge in [-0.1, -0.05) is 30.1 Å². The molecular weight excluding hydrogens is 309 g/mol. The third-order valence-corrected chi connectivity index (χ3v) is 4.04. The van der Waals surface area contributed by atoms with Crippen LogP contribution in [0.5, 0.6) is 5.75 Å². The highest BCUT2D eigenvalue weighted by Gasteiger charge is 2.14. The number of methoxy groups -OCH3 is 1. The van der Waals surface area contributed by atoms with Crippen molar-refractivity contribution in [3.63, 3.8) is 0 Å². The molecule has 0 spiro atoms. The number of nitrogens with one attached hydrogen (secondary N) is 1. The maximum absolute atomic E-state index is 6.38. The van der Waals surface area contributed by atoms with E-state index >= 15 is 0 Å². The van der Waals surface area contributed by atoms with Gasteiger partial charge in [0.15, 0.2) is 0 Å². The van der Waals surface area contributed by atoms with E-state index < -0.39 is 0 Å². The predicted molar refractivity (Wildman–Crippen MR) is 87.6 cm³/mol. The van der Waals surface area contributed by atoms with E-state index in [2.05, 4.69) is 24.3 Å². The predicted octanol–water partition coefficient (Wildman–Crippen LogP) is 4.39. The molecule has 21 heavy (non-hydrogen) atoms. The van der Waals surface area contributed by atoms with Crippen LogP contribution in [0.25, 0.3) is 0 Å². The van der Waals surface area contributed by atoms with E-state index in [0.717, 1.165) is 35.1 Å².